The van der Waals surface area contributed by atoms with E-state index >= 15 is 0 Å². The van der Waals surface area contributed by atoms with Gasteiger partial charge in [0.05, 0.1) is 11.9 Å². The van der Waals surface area contributed by atoms with Gasteiger partial charge in [0.2, 0.25) is 0 Å². The Kier molecular flexibility index (Phi) is 7.92. The van der Waals surface area contributed by atoms with Gasteiger partial charge in [-0.15, -0.1) is 0 Å². The van der Waals surface area contributed by atoms with Gasteiger partial charge in [0.1, 0.15) is 0 Å². The maximum Gasteiger partial charge on any atom is 0.267 e. The highest BCUT2D eigenvalue weighted by Gasteiger charge is 2.01. The Balaban J connectivity index is 0.000000921. The standard InChI is InChI=1S/C12H12N4O.2CHN/c1-8-6-11(15-16-12(8)17)10-4-2-9(3-5-10)7-14-13;2*1-2/h2-7H,13H2,1H3,(H,16,17);2*1H. The topological polar surface area (TPSA) is 132 Å². The molecule has 0 aliphatic heterocycles. The van der Waals surface area contributed by atoms with Crippen molar-refractivity contribution in [3.8, 4) is 24.4 Å². The van der Waals surface area contributed by atoms with Crippen molar-refractivity contribution in [3.05, 3.63) is 51.8 Å². The summed E-state index contributed by atoms with van der Waals surface area (Å²) in [4.78, 5) is 11.2. The SMILES string of the molecule is C#N.C#N.Cc1cc(-c2ccc(C=NN)cc2)n[nH]c1=O. The maximum absolute atomic E-state index is 11.2. The van der Waals surface area contributed by atoms with E-state index in [2.05, 4.69) is 28.4 Å². The first-order chi connectivity index (χ1) is 10.2. The fourth-order valence-electron chi connectivity index (χ4n) is 1.48. The van der Waals surface area contributed by atoms with Crippen LogP contribution in [-0.2, 0) is 0 Å². The predicted molar refractivity (Wildman–Crippen MR) is 80.2 cm³/mol. The number of nitrogens with one attached hydrogen (secondary N) is 1. The summed E-state index contributed by atoms with van der Waals surface area (Å²) >= 11 is 0. The number of benzene rings is 1. The molecule has 0 radical (unpaired) electrons. The molecule has 0 unspecified atom stereocenters. The quantitative estimate of drug-likeness (QED) is 0.487. The van der Waals surface area contributed by atoms with E-state index in [9.17, 15) is 4.79 Å². The smallest absolute Gasteiger partial charge is 0.267 e. The Labute approximate surface area is 122 Å². The summed E-state index contributed by atoms with van der Waals surface area (Å²) in [5, 5.41) is 22.9. The van der Waals surface area contributed by atoms with E-state index in [0.29, 0.717) is 5.56 Å². The molecule has 0 spiro atoms. The molecule has 21 heavy (non-hydrogen) atoms. The first kappa shape index (κ1) is 17.6. The summed E-state index contributed by atoms with van der Waals surface area (Å²) in [6, 6.07) is 9.32. The van der Waals surface area contributed by atoms with Crippen LogP contribution in [0.1, 0.15) is 11.1 Å². The molecule has 0 saturated carbocycles. The van der Waals surface area contributed by atoms with Gasteiger partial charge in [0, 0.05) is 24.3 Å². The van der Waals surface area contributed by atoms with Crippen LogP contribution in [0.4, 0.5) is 0 Å². The molecule has 0 atom stereocenters. The number of nitrogens with zero attached hydrogens (tertiary/aromatic N) is 4. The number of aryl methyl sites for hydroxylation is 1. The maximum atomic E-state index is 11.2. The number of hydrogen-bond acceptors (Lipinski definition) is 6. The monoisotopic (exact) mass is 282 g/mol. The highest BCUT2D eigenvalue weighted by atomic mass is 16.1. The fourth-order valence-corrected chi connectivity index (χ4v) is 1.48. The molecule has 7 heteroatoms. The van der Waals surface area contributed by atoms with Crippen molar-refractivity contribution < 1.29 is 0 Å². The molecule has 2 rings (SSSR count). The highest BCUT2D eigenvalue weighted by Crippen LogP contribution is 2.16. The Morgan fingerprint density at radius 2 is 1.81 bits per heavy atom. The molecule has 0 aliphatic rings. The van der Waals surface area contributed by atoms with Gasteiger partial charge in [-0.1, -0.05) is 24.3 Å². The molecule has 0 amide bonds. The lowest BCUT2D eigenvalue weighted by atomic mass is 10.1. The molecule has 0 bridgehead atoms. The van der Waals surface area contributed by atoms with Gasteiger partial charge in [0.15, 0.2) is 0 Å². The van der Waals surface area contributed by atoms with E-state index in [1.807, 2.05) is 24.3 Å². The second-order valence-corrected chi connectivity index (χ2v) is 3.67. The van der Waals surface area contributed by atoms with Crippen LogP contribution in [0.15, 0.2) is 40.2 Å². The van der Waals surface area contributed by atoms with Gasteiger partial charge in [0.25, 0.3) is 5.56 Å². The zero-order valence-corrected chi connectivity index (χ0v) is 11.4. The van der Waals surface area contributed by atoms with Gasteiger partial charge in [-0.25, -0.2) is 15.6 Å². The van der Waals surface area contributed by atoms with E-state index < -0.39 is 0 Å². The third-order valence-electron chi connectivity index (χ3n) is 2.42. The third kappa shape index (κ3) is 4.97. The molecule has 0 aliphatic carbocycles. The van der Waals surface area contributed by atoms with Gasteiger partial charge >= 0.3 is 0 Å². The van der Waals surface area contributed by atoms with Crippen molar-refractivity contribution in [2.75, 3.05) is 0 Å². The minimum absolute atomic E-state index is 0.166. The molecular weight excluding hydrogens is 268 g/mol. The molecule has 1 aromatic carbocycles. The van der Waals surface area contributed by atoms with E-state index in [0.717, 1.165) is 16.8 Å². The molecular formula is C14H14N6O. The Bertz CT molecular complexity index is 676. The average Bonchev–Trinajstić information content (AvgIpc) is 2.55. The van der Waals surface area contributed by atoms with E-state index in [1.54, 1.807) is 19.2 Å². The van der Waals surface area contributed by atoms with Crippen LogP contribution in [0.25, 0.3) is 11.3 Å². The summed E-state index contributed by atoms with van der Waals surface area (Å²) in [5.74, 6) is 5.06. The summed E-state index contributed by atoms with van der Waals surface area (Å²) in [6.07, 6.45) is 1.56. The number of nitrogens with two attached hydrogens (primary N) is 1. The van der Waals surface area contributed by atoms with Crippen molar-refractivity contribution in [2.45, 2.75) is 6.92 Å². The number of nitriles is 2. The first-order valence-electron chi connectivity index (χ1n) is 5.62. The van der Waals surface area contributed by atoms with Crippen molar-refractivity contribution in [1.82, 2.24) is 10.2 Å². The molecule has 0 saturated heterocycles. The number of hydrogen-bond donors (Lipinski definition) is 2. The Morgan fingerprint density at radius 1 is 1.24 bits per heavy atom. The molecule has 7 nitrogen and oxygen atoms in total. The van der Waals surface area contributed by atoms with E-state index in [-0.39, 0.29) is 5.56 Å². The van der Waals surface area contributed by atoms with Gasteiger partial charge in [-0.05, 0) is 18.6 Å². The predicted octanol–water partition coefficient (Wildman–Crippen LogP) is 1.32. The zero-order valence-electron chi connectivity index (χ0n) is 11.4. The fraction of sp³-hybridized carbons (Fsp3) is 0.0714. The van der Waals surface area contributed by atoms with Crippen LogP contribution >= 0.6 is 0 Å². The third-order valence-corrected chi connectivity index (χ3v) is 2.42. The van der Waals surface area contributed by atoms with Gasteiger partial charge < -0.3 is 5.84 Å². The summed E-state index contributed by atoms with van der Waals surface area (Å²) in [6.45, 7) is 8.75. The molecule has 3 N–H and O–H groups in total. The lowest BCUT2D eigenvalue weighted by Crippen LogP contribution is -2.11. The van der Waals surface area contributed by atoms with E-state index in [1.165, 1.54) is 0 Å². The largest absolute Gasteiger partial charge is 0.323 e. The molecule has 106 valence electrons. The number of hydrazone groups is 1. The highest BCUT2D eigenvalue weighted by molar-refractivity contribution is 5.80. The Hall–Kier alpha value is -3.45. The van der Waals surface area contributed by atoms with Crippen molar-refractivity contribution in [2.24, 2.45) is 10.9 Å². The lowest BCUT2D eigenvalue weighted by molar-refractivity contribution is 0.976. The number of rotatable bonds is 2. The summed E-state index contributed by atoms with van der Waals surface area (Å²) < 4.78 is 0. The average molecular weight is 282 g/mol. The second-order valence-electron chi connectivity index (χ2n) is 3.67. The molecule has 0 fully saturated rings. The van der Waals surface area contributed by atoms with E-state index in [4.69, 9.17) is 16.4 Å². The lowest BCUT2D eigenvalue weighted by Gasteiger charge is -2.01. The van der Waals surface area contributed by atoms with Gasteiger partial charge in [-0.2, -0.15) is 10.2 Å². The van der Waals surface area contributed by atoms with Crippen molar-refractivity contribution >= 4 is 6.21 Å². The minimum atomic E-state index is -0.166. The summed E-state index contributed by atoms with van der Waals surface area (Å²) in [5.41, 5.74) is 3.05. The normalized spacial score (nSPS) is 9.00. The number of aromatic nitrogens is 2. The minimum Gasteiger partial charge on any atom is -0.323 e. The second kappa shape index (κ2) is 9.48. The van der Waals surface area contributed by atoms with Crippen molar-refractivity contribution in [3.63, 3.8) is 0 Å². The zero-order chi connectivity index (χ0) is 16.3. The Morgan fingerprint density at radius 3 is 2.29 bits per heavy atom. The summed E-state index contributed by atoms with van der Waals surface area (Å²) in [7, 11) is 0. The molecule has 1 aromatic heterocycles. The number of H-pyrrole nitrogens is 1. The molecule has 1 heterocycles. The van der Waals surface area contributed by atoms with Crippen LogP contribution in [0.3, 0.4) is 0 Å². The molecule has 2 aromatic rings. The number of aromatic amines is 1. The van der Waals surface area contributed by atoms with Crippen LogP contribution in [0, 0.1) is 30.6 Å². The van der Waals surface area contributed by atoms with Crippen LogP contribution < -0.4 is 11.4 Å². The first-order valence-corrected chi connectivity index (χ1v) is 5.62. The van der Waals surface area contributed by atoms with Crippen molar-refractivity contribution in [1.29, 1.82) is 10.5 Å². The van der Waals surface area contributed by atoms with Gasteiger partial charge in [-0.3, -0.25) is 4.79 Å². The van der Waals surface area contributed by atoms with Crippen LogP contribution in [0.5, 0.6) is 0 Å². The van der Waals surface area contributed by atoms with Crippen LogP contribution in [-0.4, -0.2) is 16.4 Å². The van der Waals surface area contributed by atoms with Crippen LogP contribution in [0.2, 0.25) is 0 Å².